The number of nitrogens with one attached hydrogen (secondary N) is 1. The zero-order chi connectivity index (χ0) is 22.8. The smallest absolute Gasteiger partial charge is 0.248 e. The summed E-state index contributed by atoms with van der Waals surface area (Å²) < 4.78 is 14.4. The Morgan fingerprint density at radius 1 is 1.19 bits per heavy atom. The van der Waals surface area contributed by atoms with Crippen LogP contribution in [0.2, 0.25) is 0 Å². The summed E-state index contributed by atoms with van der Waals surface area (Å²) >= 11 is 3.64. The number of benzene rings is 2. The maximum Gasteiger partial charge on any atom is 0.248 e. The summed E-state index contributed by atoms with van der Waals surface area (Å²) in [6.07, 6.45) is 0. The molecule has 1 atom stereocenters. The maximum atomic E-state index is 12.5. The molecule has 0 bridgehead atoms. The molecular formula is C23H24BrN5O3. The number of nitrogens with zero attached hydrogens (tertiary/aromatic N) is 4. The summed E-state index contributed by atoms with van der Waals surface area (Å²) in [6.45, 7) is 8.22. The van der Waals surface area contributed by atoms with E-state index in [1.54, 1.807) is 11.6 Å². The molecule has 2 heterocycles. The normalized spacial score (nSPS) is 15.2. The van der Waals surface area contributed by atoms with Gasteiger partial charge in [0.1, 0.15) is 12.6 Å². The lowest BCUT2D eigenvalue weighted by atomic mass is 9.93. The van der Waals surface area contributed by atoms with Gasteiger partial charge in [0.2, 0.25) is 5.95 Å². The highest BCUT2D eigenvalue weighted by atomic mass is 79.9. The van der Waals surface area contributed by atoms with Gasteiger partial charge in [0.15, 0.2) is 17.3 Å². The monoisotopic (exact) mass is 497 g/mol. The maximum absolute atomic E-state index is 12.5. The lowest BCUT2D eigenvalue weighted by Gasteiger charge is -2.28. The third-order valence-electron chi connectivity index (χ3n) is 5.24. The largest absolute Gasteiger partial charge is 0.490 e. The number of tetrazole rings is 1. The van der Waals surface area contributed by atoms with Crippen LogP contribution in [0.15, 0.2) is 52.1 Å². The molecule has 1 aliphatic rings. The van der Waals surface area contributed by atoms with Crippen LogP contribution in [0.4, 0.5) is 5.95 Å². The standard InChI is InChI=1S/C23H24BrN5O3/c1-5-31-19-11-17(10-18(24)22(19)32-12-16-8-6-13(2)7-9-16)21-20(15(4)30)14(3)25-23-26-27-28-29(21)23/h6-11,21H,5,12H2,1-4H3,(H,25,26,28). The van der Waals surface area contributed by atoms with E-state index in [9.17, 15) is 4.79 Å². The SMILES string of the molecule is CCOc1cc(C2C(C(C)=O)=C(C)Nc3nnnn32)cc(Br)c1OCc1ccc(C)cc1. The Labute approximate surface area is 194 Å². The molecule has 0 fully saturated rings. The van der Waals surface area contributed by atoms with Gasteiger partial charge < -0.3 is 14.8 Å². The van der Waals surface area contributed by atoms with Gasteiger partial charge in [-0.05, 0) is 77.3 Å². The van der Waals surface area contributed by atoms with Crippen LogP contribution in [0.1, 0.15) is 43.5 Å². The third-order valence-corrected chi connectivity index (χ3v) is 5.83. The topological polar surface area (TPSA) is 91.2 Å². The van der Waals surface area contributed by atoms with Gasteiger partial charge in [-0.3, -0.25) is 4.79 Å². The molecule has 4 rings (SSSR count). The van der Waals surface area contributed by atoms with E-state index in [0.29, 0.717) is 36.2 Å². The average molecular weight is 498 g/mol. The first-order valence-corrected chi connectivity index (χ1v) is 11.1. The molecule has 32 heavy (non-hydrogen) atoms. The zero-order valence-electron chi connectivity index (χ0n) is 18.3. The van der Waals surface area contributed by atoms with Crippen LogP contribution in [0.5, 0.6) is 11.5 Å². The van der Waals surface area contributed by atoms with Gasteiger partial charge in [-0.25, -0.2) is 0 Å². The highest BCUT2D eigenvalue weighted by Crippen LogP contribution is 2.43. The number of ether oxygens (including phenoxy) is 2. The molecule has 166 valence electrons. The van der Waals surface area contributed by atoms with Gasteiger partial charge in [0, 0.05) is 11.3 Å². The van der Waals surface area contributed by atoms with Gasteiger partial charge in [-0.15, -0.1) is 0 Å². The highest BCUT2D eigenvalue weighted by Gasteiger charge is 2.33. The van der Waals surface area contributed by atoms with Crippen LogP contribution in [0.3, 0.4) is 0 Å². The van der Waals surface area contributed by atoms with Gasteiger partial charge in [-0.2, -0.15) is 4.68 Å². The number of hydrogen-bond acceptors (Lipinski definition) is 7. The lowest BCUT2D eigenvalue weighted by Crippen LogP contribution is -2.28. The molecular weight excluding hydrogens is 474 g/mol. The van der Waals surface area contributed by atoms with E-state index in [4.69, 9.17) is 9.47 Å². The van der Waals surface area contributed by atoms with Crippen LogP contribution in [-0.2, 0) is 11.4 Å². The minimum atomic E-state index is -0.486. The molecule has 1 aliphatic heterocycles. The summed E-state index contributed by atoms with van der Waals surface area (Å²) in [5.41, 5.74) is 4.37. The predicted molar refractivity (Wildman–Crippen MR) is 124 cm³/mol. The molecule has 1 aromatic heterocycles. The first-order valence-electron chi connectivity index (χ1n) is 10.3. The third kappa shape index (κ3) is 4.25. The van der Waals surface area contributed by atoms with Crippen LogP contribution < -0.4 is 14.8 Å². The first kappa shape index (κ1) is 22.0. The average Bonchev–Trinajstić information content (AvgIpc) is 3.21. The molecule has 0 spiro atoms. The lowest BCUT2D eigenvalue weighted by molar-refractivity contribution is -0.114. The van der Waals surface area contributed by atoms with Crippen molar-refractivity contribution in [2.24, 2.45) is 0 Å². The highest BCUT2D eigenvalue weighted by molar-refractivity contribution is 9.10. The molecule has 0 saturated carbocycles. The van der Waals surface area contributed by atoms with E-state index in [0.717, 1.165) is 21.3 Å². The number of aryl methyl sites for hydroxylation is 1. The number of fused-ring (bicyclic) bond motifs is 1. The van der Waals surface area contributed by atoms with Crippen LogP contribution in [0, 0.1) is 6.92 Å². The number of allylic oxidation sites excluding steroid dienone is 2. The summed E-state index contributed by atoms with van der Waals surface area (Å²) in [4.78, 5) is 12.5. The fourth-order valence-corrected chi connectivity index (χ4v) is 4.34. The van der Waals surface area contributed by atoms with Crippen molar-refractivity contribution in [1.29, 1.82) is 0 Å². The molecule has 3 aromatic rings. The van der Waals surface area contributed by atoms with Gasteiger partial charge >= 0.3 is 0 Å². The number of Topliss-reactive ketones (excluding diaryl/α,β-unsaturated/α-hetero) is 1. The van der Waals surface area contributed by atoms with Crippen LogP contribution >= 0.6 is 15.9 Å². The van der Waals surface area contributed by atoms with E-state index in [-0.39, 0.29) is 5.78 Å². The van der Waals surface area contributed by atoms with Gasteiger partial charge in [0.05, 0.1) is 11.1 Å². The minimum Gasteiger partial charge on any atom is -0.490 e. The Bertz CT molecular complexity index is 1190. The summed E-state index contributed by atoms with van der Waals surface area (Å²) in [7, 11) is 0. The molecule has 1 N–H and O–H groups in total. The van der Waals surface area contributed by atoms with Crippen molar-refractivity contribution in [1.82, 2.24) is 20.2 Å². The van der Waals surface area contributed by atoms with Crippen molar-refractivity contribution in [2.75, 3.05) is 11.9 Å². The van der Waals surface area contributed by atoms with E-state index in [1.807, 2.05) is 38.1 Å². The summed E-state index contributed by atoms with van der Waals surface area (Å²) in [5.74, 6) is 1.60. The zero-order valence-corrected chi connectivity index (χ0v) is 19.9. The van der Waals surface area contributed by atoms with Crippen molar-refractivity contribution < 1.29 is 14.3 Å². The molecule has 0 saturated heterocycles. The number of hydrogen-bond donors (Lipinski definition) is 1. The number of halogens is 1. The van der Waals surface area contributed by atoms with Crippen molar-refractivity contribution in [3.63, 3.8) is 0 Å². The molecule has 0 aliphatic carbocycles. The van der Waals surface area contributed by atoms with Crippen LogP contribution in [0.25, 0.3) is 0 Å². The van der Waals surface area contributed by atoms with Gasteiger partial charge in [0.25, 0.3) is 0 Å². The van der Waals surface area contributed by atoms with E-state index in [1.165, 1.54) is 5.56 Å². The fourth-order valence-electron chi connectivity index (χ4n) is 3.77. The predicted octanol–water partition coefficient (Wildman–Crippen LogP) is 4.60. The first-order chi connectivity index (χ1) is 15.4. The Morgan fingerprint density at radius 3 is 2.62 bits per heavy atom. The van der Waals surface area contributed by atoms with Crippen LogP contribution in [-0.4, -0.2) is 32.6 Å². The quantitative estimate of drug-likeness (QED) is 0.509. The Morgan fingerprint density at radius 2 is 1.94 bits per heavy atom. The fraction of sp³-hybridized carbons (Fsp3) is 0.304. The van der Waals surface area contributed by atoms with E-state index >= 15 is 0 Å². The molecule has 0 amide bonds. The van der Waals surface area contributed by atoms with E-state index < -0.39 is 6.04 Å². The number of ketones is 1. The Hall–Kier alpha value is -3.20. The summed E-state index contributed by atoms with van der Waals surface area (Å²) in [6, 6.07) is 11.5. The number of anilines is 1. The second kappa shape index (κ2) is 9.12. The van der Waals surface area contributed by atoms with Gasteiger partial charge in [-0.1, -0.05) is 34.9 Å². The Kier molecular flexibility index (Phi) is 6.27. The summed E-state index contributed by atoms with van der Waals surface area (Å²) in [5, 5.41) is 15.0. The van der Waals surface area contributed by atoms with Crippen molar-refractivity contribution in [2.45, 2.75) is 40.3 Å². The Balaban J connectivity index is 1.74. The van der Waals surface area contributed by atoms with E-state index in [2.05, 4.69) is 55.8 Å². The molecule has 1 unspecified atom stereocenters. The second-order valence-electron chi connectivity index (χ2n) is 7.61. The number of carbonyl (C=O) groups is 1. The molecule has 8 nitrogen and oxygen atoms in total. The number of aromatic nitrogens is 4. The molecule has 9 heteroatoms. The minimum absolute atomic E-state index is 0.0603. The molecule has 0 radical (unpaired) electrons. The second-order valence-corrected chi connectivity index (χ2v) is 8.46. The number of carbonyl (C=O) groups excluding carboxylic acids is 1. The van der Waals surface area contributed by atoms with Crippen molar-refractivity contribution in [3.8, 4) is 11.5 Å². The van der Waals surface area contributed by atoms with Crippen molar-refractivity contribution in [3.05, 3.63) is 68.8 Å². The number of rotatable bonds is 7. The molecule has 2 aromatic carbocycles. The van der Waals surface area contributed by atoms with Crippen molar-refractivity contribution >= 4 is 27.7 Å².